The monoisotopic (exact) mass is 287 g/mol. The van der Waals surface area contributed by atoms with Crippen LogP contribution in [0.2, 0.25) is 0 Å². The second-order valence-corrected chi connectivity index (χ2v) is 6.21. The number of amides is 1. The standard InChI is InChI=1S/C17H25N3O/c1-13-7-10-18-16(13)17(21)19-9-4-11-20-12-8-14-5-2-3-6-15(14)20/h2-3,5-6,13,16,18H,4,7-12H2,1H3,(H,19,21). The molecule has 2 heterocycles. The van der Waals surface area contributed by atoms with Crippen LogP contribution in [0.5, 0.6) is 0 Å². The number of hydrogen-bond acceptors (Lipinski definition) is 3. The summed E-state index contributed by atoms with van der Waals surface area (Å²) in [7, 11) is 0. The molecule has 2 aliphatic heterocycles. The first kappa shape index (κ1) is 14.4. The Morgan fingerprint density at radius 3 is 3.10 bits per heavy atom. The van der Waals surface area contributed by atoms with Crippen molar-refractivity contribution in [2.45, 2.75) is 32.2 Å². The molecular formula is C17H25N3O. The predicted octanol–water partition coefficient (Wildman–Crippen LogP) is 1.55. The molecule has 2 atom stereocenters. The Hall–Kier alpha value is -1.55. The lowest BCUT2D eigenvalue weighted by Crippen LogP contribution is -2.44. The van der Waals surface area contributed by atoms with Gasteiger partial charge in [-0.25, -0.2) is 0 Å². The highest BCUT2D eigenvalue weighted by molar-refractivity contribution is 5.82. The van der Waals surface area contributed by atoms with Crippen LogP contribution in [0.25, 0.3) is 0 Å². The van der Waals surface area contributed by atoms with E-state index in [1.165, 1.54) is 11.3 Å². The summed E-state index contributed by atoms with van der Waals surface area (Å²) in [5.74, 6) is 0.622. The summed E-state index contributed by atoms with van der Waals surface area (Å²) in [6.07, 6.45) is 3.25. The molecule has 1 aromatic rings. The molecule has 0 radical (unpaired) electrons. The maximum atomic E-state index is 12.1. The molecule has 1 fully saturated rings. The molecule has 0 bridgehead atoms. The maximum absolute atomic E-state index is 12.1. The van der Waals surface area contributed by atoms with Gasteiger partial charge < -0.3 is 15.5 Å². The normalized spacial score (nSPS) is 24.1. The van der Waals surface area contributed by atoms with Crippen molar-refractivity contribution in [3.63, 3.8) is 0 Å². The van der Waals surface area contributed by atoms with Crippen LogP contribution < -0.4 is 15.5 Å². The van der Waals surface area contributed by atoms with E-state index in [1.54, 1.807) is 0 Å². The van der Waals surface area contributed by atoms with Gasteiger partial charge in [-0.3, -0.25) is 4.79 Å². The number of hydrogen-bond donors (Lipinski definition) is 2. The second-order valence-electron chi connectivity index (χ2n) is 6.21. The number of rotatable bonds is 5. The molecule has 2 aliphatic rings. The first-order chi connectivity index (χ1) is 10.3. The van der Waals surface area contributed by atoms with E-state index < -0.39 is 0 Å². The Morgan fingerprint density at radius 1 is 1.43 bits per heavy atom. The highest BCUT2D eigenvalue weighted by Crippen LogP contribution is 2.27. The topological polar surface area (TPSA) is 44.4 Å². The number of nitrogens with zero attached hydrogens (tertiary/aromatic N) is 1. The fourth-order valence-corrected chi connectivity index (χ4v) is 3.42. The Bertz CT molecular complexity index is 503. The van der Waals surface area contributed by atoms with E-state index in [4.69, 9.17) is 0 Å². The average Bonchev–Trinajstić information content (AvgIpc) is 3.10. The zero-order chi connectivity index (χ0) is 14.7. The number of carbonyl (C=O) groups excluding carboxylic acids is 1. The Morgan fingerprint density at radius 2 is 2.29 bits per heavy atom. The van der Waals surface area contributed by atoms with Crippen molar-refractivity contribution in [1.82, 2.24) is 10.6 Å². The molecule has 0 saturated carbocycles. The summed E-state index contributed by atoms with van der Waals surface area (Å²) in [5, 5.41) is 6.35. The minimum atomic E-state index is 0.0116. The van der Waals surface area contributed by atoms with Crippen molar-refractivity contribution < 1.29 is 4.79 Å². The molecule has 0 aromatic heterocycles. The minimum Gasteiger partial charge on any atom is -0.371 e. The molecule has 0 aliphatic carbocycles. The van der Waals surface area contributed by atoms with E-state index in [2.05, 4.69) is 46.7 Å². The van der Waals surface area contributed by atoms with Gasteiger partial charge in [0.1, 0.15) is 0 Å². The fourth-order valence-electron chi connectivity index (χ4n) is 3.42. The fraction of sp³-hybridized carbons (Fsp3) is 0.588. The molecule has 2 unspecified atom stereocenters. The van der Waals surface area contributed by atoms with Crippen LogP contribution in [0.1, 0.15) is 25.3 Å². The van der Waals surface area contributed by atoms with E-state index in [0.717, 1.165) is 45.4 Å². The predicted molar refractivity (Wildman–Crippen MR) is 85.6 cm³/mol. The van der Waals surface area contributed by atoms with Gasteiger partial charge in [0.2, 0.25) is 5.91 Å². The van der Waals surface area contributed by atoms with Crippen molar-refractivity contribution in [3.05, 3.63) is 29.8 Å². The summed E-state index contributed by atoms with van der Waals surface area (Å²) in [4.78, 5) is 14.5. The van der Waals surface area contributed by atoms with Crippen molar-refractivity contribution in [1.29, 1.82) is 0 Å². The summed E-state index contributed by atoms with van der Waals surface area (Å²) < 4.78 is 0. The van der Waals surface area contributed by atoms with Crippen LogP contribution in [0.15, 0.2) is 24.3 Å². The molecule has 1 saturated heterocycles. The third-order valence-electron chi connectivity index (χ3n) is 4.70. The van der Waals surface area contributed by atoms with Crippen LogP contribution in [-0.4, -0.2) is 38.1 Å². The number of nitrogens with one attached hydrogen (secondary N) is 2. The van der Waals surface area contributed by atoms with Crippen molar-refractivity contribution in [2.75, 3.05) is 31.1 Å². The quantitative estimate of drug-likeness (QED) is 0.808. The highest BCUT2D eigenvalue weighted by atomic mass is 16.2. The van der Waals surface area contributed by atoms with E-state index in [-0.39, 0.29) is 11.9 Å². The van der Waals surface area contributed by atoms with Gasteiger partial charge in [0, 0.05) is 25.3 Å². The summed E-state index contributed by atoms with van der Waals surface area (Å²) >= 11 is 0. The van der Waals surface area contributed by atoms with Crippen molar-refractivity contribution in [2.24, 2.45) is 5.92 Å². The average molecular weight is 287 g/mol. The smallest absolute Gasteiger partial charge is 0.237 e. The Balaban J connectivity index is 1.40. The van der Waals surface area contributed by atoms with Crippen LogP contribution >= 0.6 is 0 Å². The summed E-state index contributed by atoms with van der Waals surface area (Å²) in [5.41, 5.74) is 2.82. The van der Waals surface area contributed by atoms with Gasteiger partial charge in [-0.05, 0) is 43.4 Å². The molecule has 4 heteroatoms. The molecule has 21 heavy (non-hydrogen) atoms. The summed E-state index contributed by atoms with van der Waals surface area (Å²) in [6.45, 7) is 6.00. The van der Waals surface area contributed by atoms with E-state index in [9.17, 15) is 4.79 Å². The number of para-hydroxylation sites is 1. The van der Waals surface area contributed by atoms with Gasteiger partial charge >= 0.3 is 0 Å². The van der Waals surface area contributed by atoms with Gasteiger partial charge in [0.15, 0.2) is 0 Å². The van der Waals surface area contributed by atoms with Gasteiger partial charge in [0.25, 0.3) is 0 Å². The van der Waals surface area contributed by atoms with Gasteiger partial charge in [-0.15, -0.1) is 0 Å². The Labute approximate surface area is 126 Å². The zero-order valence-electron chi connectivity index (χ0n) is 12.8. The molecule has 0 spiro atoms. The minimum absolute atomic E-state index is 0.0116. The number of fused-ring (bicyclic) bond motifs is 1. The molecular weight excluding hydrogens is 262 g/mol. The van der Waals surface area contributed by atoms with Crippen molar-refractivity contribution >= 4 is 11.6 Å². The van der Waals surface area contributed by atoms with E-state index in [1.807, 2.05) is 0 Å². The van der Waals surface area contributed by atoms with Gasteiger partial charge in [0.05, 0.1) is 6.04 Å². The number of carbonyl (C=O) groups is 1. The lowest BCUT2D eigenvalue weighted by molar-refractivity contribution is -0.123. The molecule has 114 valence electrons. The lowest BCUT2D eigenvalue weighted by Gasteiger charge is -2.20. The molecule has 1 aromatic carbocycles. The number of anilines is 1. The molecule has 4 nitrogen and oxygen atoms in total. The molecule has 1 amide bonds. The zero-order valence-corrected chi connectivity index (χ0v) is 12.8. The molecule has 2 N–H and O–H groups in total. The largest absolute Gasteiger partial charge is 0.371 e. The van der Waals surface area contributed by atoms with Crippen LogP contribution in [-0.2, 0) is 11.2 Å². The van der Waals surface area contributed by atoms with Gasteiger partial charge in [-0.1, -0.05) is 25.1 Å². The third kappa shape index (κ3) is 3.21. The van der Waals surface area contributed by atoms with Crippen LogP contribution in [0.3, 0.4) is 0 Å². The SMILES string of the molecule is CC1CCNC1C(=O)NCCCN1CCc2ccccc21. The van der Waals surface area contributed by atoms with E-state index >= 15 is 0 Å². The maximum Gasteiger partial charge on any atom is 0.237 e. The van der Waals surface area contributed by atoms with Crippen LogP contribution in [0.4, 0.5) is 5.69 Å². The second kappa shape index (κ2) is 6.48. The first-order valence-electron chi connectivity index (χ1n) is 8.09. The third-order valence-corrected chi connectivity index (χ3v) is 4.70. The number of benzene rings is 1. The van der Waals surface area contributed by atoms with Gasteiger partial charge in [-0.2, -0.15) is 0 Å². The Kier molecular flexibility index (Phi) is 4.44. The van der Waals surface area contributed by atoms with Crippen LogP contribution in [0, 0.1) is 5.92 Å². The lowest BCUT2D eigenvalue weighted by atomic mass is 10.0. The van der Waals surface area contributed by atoms with E-state index in [0.29, 0.717) is 5.92 Å². The first-order valence-corrected chi connectivity index (χ1v) is 8.09. The summed E-state index contributed by atoms with van der Waals surface area (Å²) in [6, 6.07) is 8.64. The molecule has 3 rings (SSSR count). The highest BCUT2D eigenvalue weighted by Gasteiger charge is 2.28. The van der Waals surface area contributed by atoms with Crippen molar-refractivity contribution in [3.8, 4) is 0 Å².